The normalized spacial score (nSPS) is 24.1. The lowest BCUT2D eigenvalue weighted by Gasteiger charge is -2.23. The van der Waals surface area contributed by atoms with Crippen molar-refractivity contribution in [3.05, 3.63) is 0 Å². The Balaban J connectivity index is 2.35. The van der Waals surface area contributed by atoms with Crippen molar-refractivity contribution in [3.8, 4) is 0 Å². The van der Waals surface area contributed by atoms with E-state index in [4.69, 9.17) is 0 Å². The fourth-order valence-corrected chi connectivity index (χ4v) is 2.42. The maximum atomic E-state index is 11.8. The zero-order chi connectivity index (χ0) is 11.4. The highest BCUT2D eigenvalue weighted by molar-refractivity contribution is 9.10. The molecule has 2 atom stereocenters. The summed E-state index contributed by atoms with van der Waals surface area (Å²) in [5.74, 6) is 0.868. The minimum absolute atomic E-state index is 0.0124. The zero-order valence-corrected chi connectivity index (χ0v) is 11.5. The second kappa shape index (κ2) is 5.85. The number of alkyl halides is 1. The van der Waals surface area contributed by atoms with E-state index >= 15 is 0 Å². The van der Waals surface area contributed by atoms with Crippen molar-refractivity contribution in [2.24, 2.45) is 5.92 Å². The van der Waals surface area contributed by atoms with Gasteiger partial charge >= 0.3 is 0 Å². The molecule has 1 aliphatic rings. The predicted octanol–water partition coefficient (Wildman–Crippen LogP) is 1.57. The Morgan fingerprint density at radius 1 is 1.67 bits per heavy atom. The summed E-state index contributed by atoms with van der Waals surface area (Å²) in [5, 5.41) is 0. The Bertz CT molecular complexity index is 223. The van der Waals surface area contributed by atoms with Gasteiger partial charge in [-0.2, -0.15) is 0 Å². The maximum Gasteiger partial charge on any atom is 0.236 e. The molecule has 0 bridgehead atoms. The van der Waals surface area contributed by atoms with Gasteiger partial charge < -0.3 is 9.80 Å². The second-order valence-electron chi connectivity index (χ2n) is 4.51. The van der Waals surface area contributed by atoms with Crippen LogP contribution in [0.15, 0.2) is 0 Å². The van der Waals surface area contributed by atoms with E-state index in [2.05, 4.69) is 27.9 Å². The predicted molar refractivity (Wildman–Crippen MR) is 66.2 cm³/mol. The number of rotatable bonds is 4. The Kier molecular flexibility index (Phi) is 5.06. The Morgan fingerprint density at radius 2 is 2.33 bits per heavy atom. The summed E-state index contributed by atoms with van der Waals surface area (Å²) < 4.78 is 0. The molecule has 4 heteroatoms. The van der Waals surface area contributed by atoms with Crippen LogP contribution in [0.1, 0.15) is 19.8 Å². The number of likely N-dealkylation sites (tertiary alicyclic amines) is 1. The van der Waals surface area contributed by atoms with Crippen LogP contribution in [0.3, 0.4) is 0 Å². The number of hydrogen-bond acceptors (Lipinski definition) is 2. The molecule has 0 aliphatic carbocycles. The Labute approximate surface area is 101 Å². The van der Waals surface area contributed by atoms with Crippen LogP contribution in [-0.2, 0) is 4.79 Å². The van der Waals surface area contributed by atoms with Gasteiger partial charge in [-0.1, -0.05) is 22.9 Å². The molecule has 3 nitrogen and oxygen atoms in total. The van der Waals surface area contributed by atoms with Crippen molar-refractivity contribution >= 4 is 21.8 Å². The van der Waals surface area contributed by atoms with Crippen LogP contribution < -0.4 is 0 Å². The lowest BCUT2D eigenvalue weighted by molar-refractivity contribution is -0.129. The number of halogens is 1. The maximum absolute atomic E-state index is 11.8. The van der Waals surface area contributed by atoms with Crippen LogP contribution in [0.5, 0.6) is 0 Å². The van der Waals surface area contributed by atoms with Crippen molar-refractivity contribution < 1.29 is 4.79 Å². The van der Waals surface area contributed by atoms with Crippen LogP contribution in [0.4, 0.5) is 0 Å². The average Bonchev–Trinajstić information content (AvgIpc) is 2.61. The van der Waals surface area contributed by atoms with Crippen molar-refractivity contribution in [2.45, 2.75) is 24.6 Å². The molecule has 0 saturated carbocycles. The fourth-order valence-electron chi connectivity index (χ4n) is 2.07. The molecular formula is C11H21BrN2O. The van der Waals surface area contributed by atoms with Crippen molar-refractivity contribution in [3.63, 3.8) is 0 Å². The number of carbonyl (C=O) groups is 1. The van der Waals surface area contributed by atoms with Crippen LogP contribution in [0.25, 0.3) is 0 Å². The van der Waals surface area contributed by atoms with Crippen LogP contribution in [0, 0.1) is 5.92 Å². The topological polar surface area (TPSA) is 23.6 Å². The van der Waals surface area contributed by atoms with E-state index in [0.29, 0.717) is 5.92 Å². The highest BCUT2D eigenvalue weighted by Crippen LogP contribution is 2.16. The Hall–Kier alpha value is -0.0900. The minimum atomic E-state index is -0.0124. The van der Waals surface area contributed by atoms with Crippen LogP contribution in [-0.4, -0.2) is 54.3 Å². The van der Waals surface area contributed by atoms with Crippen LogP contribution >= 0.6 is 15.9 Å². The van der Waals surface area contributed by atoms with E-state index in [-0.39, 0.29) is 10.7 Å². The van der Waals surface area contributed by atoms with Gasteiger partial charge in [-0.3, -0.25) is 4.79 Å². The molecule has 2 unspecified atom stereocenters. The van der Waals surface area contributed by atoms with Gasteiger partial charge in [-0.15, -0.1) is 0 Å². The van der Waals surface area contributed by atoms with E-state index in [9.17, 15) is 4.79 Å². The summed E-state index contributed by atoms with van der Waals surface area (Å²) in [6.07, 6.45) is 2.07. The first kappa shape index (κ1) is 13.0. The highest BCUT2D eigenvalue weighted by atomic mass is 79.9. The number of nitrogens with zero attached hydrogens (tertiary/aromatic N) is 2. The fraction of sp³-hybridized carbons (Fsp3) is 0.909. The van der Waals surface area contributed by atoms with E-state index in [1.165, 1.54) is 6.42 Å². The van der Waals surface area contributed by atoms with E-state index in [1.54, 1.807) is 0 Å². The largest absolute Gasteiger partial charge is 0.344 e. The minimum Gasteiger partial charge on any atom is -0.344 e. The number of amides is 1. The number of carbonyl (C=O) groups excluding carboxylic acids is 1. The van der Waals surface area contributed by atoms with Gasteiger partial charge in [-0.05, 0) is 32.4 Å². The molecule has 1 aliphatic heterocycles. The number of hydrogen-bond donors (Lipinski definition) is 0. The highest BCUT2D eigenvalue weighted by Gasteiger charge is 2.24. The van der Waals surface area contributed by atoms with Gasteiger partial charge in [0.15, 0.2) is 0 Å². The van der Waals surface area contributed by atoms with Crippen molar-refractivity contribution in [1.29, 1.82) is 0 Å². The van der Waals surface area contributed by atoms with E-state index in [0.717, 1.165) is 26.1 Å². The molecule has 1 rings (SSSR count). The van der Waals surface area contributed by atoms with E-state index < -0.39 is 0 Å². The van der Waals surface area contributed by atoms with Gasteiger partial charge in [0, 0.05) is 20.1 Å². The Morgan fingerprint density at radius 3 is 2.80 bits per heavy atom. The summed E-state index contributed by atoms with van der Waals surface area (Å²) in [6.45, 7) is 5.20. The molecule has 0 radical (unpaired) electrons. The standard InChI is InChI=1S/C11H21BrN2O/c1-4-10(12)11(15)14(3)8-9-5-6-13(2)7-9/h9-10H,4-8H2,1-3H3. The molecule has 15 heavy (non-hydrogen) atoms. The second-order valence-corrected chi connectivity index (χ2v) is 5.62. The lowest BCUT2D eigenvalue weighted by Crippen LogP contribution is -2.37. The molecule has 0 aromatic carbocycles. The average molecular weight is 277 g/mol. The summed E-state index contributed by atoms with van der Waals surface area (Å²) in [5.41, 5.74) is 0. The quantitative estimate of drug-likeness (QED) is 0.728. The molecule has 1 heterocycles. The van der Waals surface area contributed by atoms with Crippen molar-refractivity contribution in [2.75, 3.05) is 33.7 Å². The third-order valence-corrected chi connectivity index (χ3v) is 4.06. The van der Waals surface area contributed by atoms with Gasteiger partial charge in [-0.25, -0.2) is 0 Å². The molecule has 0 N–H and O–H groups in total. The SMILES string of the molecule is CCC(Br)C(=O)N(C)CC1CCN(C)C1. The first-order valence-corrected chi connectivity index (χ1v) is 6.53. The molecule has 1 amide bonds. The monoisotopic (exact) mass is 276 g/mol. The van der Waals surface area contributed by atoms with Crippen molar-refractivity contribution in [1.82, 2.24) is 9.80 Å². The third-order valence-electron chi connectivity index (χ3n) is 3.02. The smallest absolute Gasteiger partial charge is 0.236 e. The summed E-state index contributed by atoms with van der Waals surface area (Å²) in [4.78, 5) is 16.0. The van der Waals surface area contributed by atoms with Gasteiger partial charge in [0.05, 0.1) is 4.83 Å². The summed E-state index contributed by atoms with van der Waals surface area (Å²) >= 11 is 3.40. The third kappa shape index (κ3) is 3.76. The molecule has 0 spiro atoms. The molecular weight excluding hydrogens is 256 g/mol. The lowest BCUT2D eigenvalue weighted by atomic mass is 10.1. The first-order chi connectivity index (χ1) is 7.04. The van der Waals surface area contributed by atoms with Gasteiger partial charge in [0.2, 0.25) is 5.91 Å². The molecule has 1 fully saturated rings. The first-order valence-electron chi connectivity index (χ1n) is 5.62. The molecule has 0 aromatic rings. The summed E-state index contributed by atoms with van der Waals surface area (Å²) in [6, 6.07) is 0. The molecule has 0 aromatic heterocycles. The van der Waals surface area contributed by atoms with Crippen LogP contribution in [0.2, 0.25) is 0 Å². The van der Waals surface area contributed by atoms with E-state index in [1.807, 2.05) is 18.9 Å². The molecule has 1 saturated heterocycles. The molecule has 88 valence electrons. The summed E-state index contributed by atoms with van der Waals surface area (Å²) in [7, 11) is 4.05. The zero-order valence-electron chi connectivity index (χ0n) is 9.87. The van der Waals surface area contributed by atoms with Gasteiger partial charge in [0.25, 0.3) is 0 Å². The van der Waals surface area contributed by atoms with Gasteiger partial charge in [0.1, 0.15) is 0 Å².